The number of carbonyl (C=O) groups is 7. The number of aliphatic hydroxyl groups is 1. The van der Waals surface area contributed by atoms with Crippen LogP contribution in [0.2, 0.25) is 0 Å². The Balaban J connectivity index is 0. The molecule has 3 aromatic rings. The predicted octanol–water partition coefficient (Wildman–Crippen LogP) is 2.94. The van der Waals surface area contributed by atoms with Crippen LogP contribution in [0.4, 0.5) is 5.69 Å². The molecule has 3 unspecified atom stereocenters. The highest BCUT2D eigenvalue weighted by Gasteiger charge is 2.30. The highest BCUT2D eigenvalue weighted by atomic mass is 16.6. The van der Waals surface area contributed by atoms with E-state index in [1.165, 1.54) is 47.6 Å². The van der Waals surface area contributed by atoms with Crippen molar-refractivity contribution in [2.45, 2.75) is 100 Å². The number of carbonyl (C=O) groups excluding carboxylic acids is 7. The number of aromatic hydroxyl groups is 1. The molecule has 1 aromatic heterocycles. The smallest absolute Gasteiger partial charge is 0.310 e. The lowest BCUT2D eigenvalue weighted by molar-refractivity contribution is -0.385. The minimum absolute atomic E-state index is 0.00987. The molecule has 0 aliphatic rings. The summed E-state index contributed by atoms with van der Waals surface area (Å²) in [6.07, 6.45) is 4.36. The number of nitrogens with one attached hydrogen (secondary N) is 5. The molecule has 7 amide bonds. The van der Waals surface area contributed by atoms with E-state index in [4.69, 9.17) is 16.6 Å². The molecular formula is C48H78N10O11. The largest absolute Gasteiger partial charge is 0.502 e. The number of phenolic OH excluding ortho intramolecular Hbond substituents is 1. The second-order valence-corrected chi connectivity index (χ2v) is 17.4. The SMILES string of the molecule is C=CC.CC(C)C.CC(C)CC(NC(=O)CN(C)C(=O)C(CO)NC(=O)CNC(=O)C(CC(C)C)N(C)C(=O)CN)C(=O)NCC(N)=O.Cc1c[nH]c2ccccc12.Cc1ccc(O)c([N+](=O)[O-])c1. The highest BCUT2D eigenvalue weighted by Crippen LogP contribution is 2.25. The van der Waals surface area contributed by atoms with Crippen LogP contribution in [0, 0.1) is 41.7 Å². The summed E-state index contributed by atoms with van der Waals surface area (Å²) < 4.78 is 0. The lowest BCUT2D eigenvalue weighted by Crippen LogP contribution is -2.55. The van der Waals surface area contributed by atoms with E-state index in [0.29, 0.717) is 6.42 Å². The van der Waals surface area contributed by atoms with Crippen LogP contribution in [0.1, 0.15) is 79.4 Å². The van der Waals surface area contributed by atoms with Crippen molar-refractivity contribution in [1.29, 1.82) is 0 Å². The summed E-state index contributed by atoms with van der Waals surface area (Å²) in [6.45, 7) is 20.5. The minimum Gasteiger partial charge on any atom is -0.502 e. The number of para-hydroxylation sites is 1. The van der Waals surface area contributed by atoms with Crippen LogP contribution in [0.15, 0.2) is 61.3 Å². The van der Waals surface area contributed by atoms with Crippen LogP contribution in [-0.4, -0.2) is 136 Å². The predicted molar refractivity (Wildman–Crippen MR) is 267 cm³/mol. The monoisotopic (exact) mass is 971 g/mol. The van der Waals surface area contributed by atoms with Gasteiger partial charge in [0.15, 0.2) is 5.75 Å². The van der Waals surface area contributed by atoms with Crippen molar-refractivity contribution >= 4 is 57.9 Å². The number of nitro benzene ring substituents is 1. The number of hydrogen-bond acceptors (Lipinski definition) is 12. The van der Waals surface area contributed by atoms with Crippen molar-refractivity contribution in [3.63, 3.8) is 0 Å². The van der Waals surface area contributed by atoms with Gasteiger partial charge in [0, 0.05) is 37.3 Å². The molecule has 0 radical (unpaired) electrons. The first-order valence-electron chi connectivity index (χ1n) is 22.4. The first-order valence-corrected chi connectivity index (χ1v) is 22.4. The molecular weight excluding hydrogens is 893 g/mol. The van der Waals surface area contributed by atoms with Gasteiger partial charge in [-0.3, -0.25) is 43.7 Å². The average Bonchev–Trinajstić information content (AvgIpc) is 3.65. The van der Waals surface area contributed by atoms with Crippen LogP contribution < -0.4 is 32.7 Å². The lowest BCUT2D eigenvalue weighted by Gasteiger charge is -2.28. The minimum atomic E-state index is -1.42. The Labute approximate surface area is 406 Å². The van der Waals surface area contributed by atoms with Gasteiger partial charge in [0.05, 0.1) is 37.7 Å². The van der Waals surface area contributed by atoms with Gasteiger partial charge in [-0.2, -0.15) is 0 Å². The van der Waals surface area contributed by atoms with Crippen molar-refractivity contribution < 1.29 is 48.7 Å². The Bertz CT molecular complexity index is 2100. The zero-order valence-corrected chi connectivity index (χ0v) is 42.4. The van der Waals surface area contributed by atoms with Crippen LogP contribution in [-0.2, 0) is 33.6 Å². The van der Waals surface area contributed by atoms with Crippen LogP contribution in [0.5, 0.6) is 5.75 Å². The first-order chi connectivity index (χ1) is 32.2. The van der Waals surface area contributed by atoms with E-state index < -0.39 is 90.6 Å². The summed E-state index contributed by atoms with van der Waals surface area (Å²) in [5, 5.41) is 39.7. The number of fused-ring (bicyclic) bond motifs is 1. The summed E-state index contributed by atoms with van der Waals surface area (Å²) in [4.78, 5) is 101. The summed E-state index contributed by atoms with van der Waals surface area (Å²) >= 11 is 0. The Morgan fingerprint density at radius 2 is 1.39 bits per heavy atom. The standard InChI is InChI=1S/C25H46N8O8.C9H9N.C7H7NO3.C4H10.C3H6/c1-14(2)7-16(23(39)28-10-19(27)35)30-21(37)12-32(5)25(41)17(13-34)31-20(36)11-29-24(40)18(8-15(3)4)33(6)22(38)9-26;1-7-6-10-9-5-3-2-4-8(7)9;1-5-2-3-7(9)6(4-5)8(10)11;1-4(2)3;1-3-2/h14-18,34H,7-13,26H2,1-6H3,(H2,27,35)(H,28,39)(H,29,40)(H,30,37)(H,31,36);2-6,10H,1H3;2-4,9H,1H3;4H,1-3H3;3H,1H2,2H3. The third-order valence-electron chi connectivity index (χ3n) is 8.95. The number of rotatable bonds is 19. The molecule has 1 heterocycles. The molecule has 386 valence electrons. The molecule has 3 atom stereocenters. The number of allylic oxidation sites excluding steroid dienone is 1. The quantitative estimate of drug-likeness (QED) is 0.0476. The van der Waals surface area contributed by atoms with E-state index >= 15 is 0 Å². The van der Waals surface area contributed by atoms with Gasteiger partial charge in [-0.05, 0) is 74.6 Å². The van der Waals surface area contributed by atoms with Crippen molar-refractivity contribution in [2.75, 3.05) is 46.9 Å². The van der Waals surface area contributed by atoms with Gasteiger partial charge in [0.1, 0.15) is 18.1 Å². The molecule has 0 aliphatic carbocycles. The number of amides is 7. The molecule has 3 rings (SSSR count). The molecule has 69 heavy (non-hydrogen) atoms. The third-order valence-corrected chi connectivity index (χ3v) is 8.95. The van der Waals surface area contributed by atoms with E-state index in [-0.39, 0.29) is 36.2 Å². The first kappa shape index (κ1) is 64.2. The number of aliphatic hydroxyl groups excluding tert-OH is 1. The Hall–Kier alpha value is -6.87. The highest BCUT2D eigenvalue weighted by molar-refractivity contribution is 5.95. The van der Waals surface area contributed by atoms with Crippen molar-refractivity contribution in [3.05, 3.63) is 82.6 Å². The maximum absolute atomic E-state index is 12.8. The topological polar surface area (TPSA) is 326 Å². The van der Waals surface area contributed by atoms with Crippen molar-refractivity contribution in [1.82, 2.24) is 36.1 Å². The van der Waals surface area contributed by atoms with Crippen LogP contribution >= 0.6 is 0 Å². The lowest BCUT2D eigenvalue weighted by atomic mass is 10.0. The van der Waals surface area contributed by atoms with Gasteiger partial charge in [0.25, 0.3) is 0 Å². The fourth-order valence-corrected chi connectivity index (χ4v) is 5.72. The average molecular weight is 971 g/mol. The van der Waals surface area contributed by atoms with Crippen LogP contribution in [0.3, 0.4) is 0 Å². The molecule has 2 aromatic carbocycles. The second-order valence-electron chi connectivity index (χ2n) is 17.4. The number of aromatic amines is 1. The number of H-pyrrole nitrogens is 1. The van der Waals surface area contributed by atoms with Gasteiger partial charge in [-0.15, -0.1) is 6.58 Å². The number of nitro groups is 1. The summed E-state index contributed by atoms with van der Waals surface area (Å²) in [7, 11) is 2.71. The zero-order valence-electron chi connectivity index (χ0n) is 42.4. The Morgan fingerprint density at radius 1 is 0.855 bits per heavy atom. The molecule has 0 bridgehead atoms. The van der Waals surface area contributed by atoms with Gasteiger partial charge in [-0.1, -0.05) is 78.8 Å². The molecule has 0 fully saturated rings. The maximum Gasteiger partial charge on any atom is 0.310 e. The van der Waals surface area contributed by atoms with E-state index in [1.54, 1.807) is 19.1 Å². The number of phenols is 1. The normalized spacial score (nSPS) is 11.5. The maximum atomic E-state index is 12.8. The molecule has 0 saturated carbocycles. The summed E-state index contributed by atoms with van der Waals surface area (Å²) in [5.41, 5.74) is 13.5. The number of aryl methyl sites for hydroxylation is 2. The fourth-order valence-electron chi connectivity index (χ4n) is 5.72. The zero-order chi connectivity index (χ0) is 53.6. The third kappa shape index (κ3) is 27.5. The molecule has 21 nitrogen and oxygen atoms in total. The summed E-state index contributed by atoms with van der Waals surface area (Å²) in [6, 6.07) is 9.29. The van der Waals surface area contributed by atoms with Crippen molar-refractivity contribution in [3.8, 4) is 5.75 Å². The number of aromatic nitrogens is 1. The van der Waals surface area contributed by atoms with E-state index in [1.807, 2.05) is 46.9 Å². The van der Waals surface area contributed by atoms with Gasteiger partial charge >= 0.3 is 5.69 Å². The van der Waals surface area contributed by atoms with E-state index in [2.05, 4.69) is 78.7 Å². The Kier molecular flexibility index (Phi) is 32.0. The summed E-state index contributed by atoms with van der Waals surface area (Å²) in [5.74, 6) is -4.07. The van der Waals surface area contributed by atoms with Gasteiger partial charge in [0.2, 0.25) is 41.4 Å². The molecule has 0 aliphatic heterocycles. The number of nitrogens with two attached hydrogens (primary N) is 2. The van der Waals surface area contributed by atoms with Crippen molar-refractivity contribution in [2.24, 2.45) is 29.2 Å². The number of likely N-dealkylation sites (N-methyl/N-ethyl adjacent to an activating group) is 2. The molecule has 11 N–H and O–H groups in total. The molecule has 0 spiro atoms. The Morgan fingerprint density at radius 3 is 1.87 bits per heavy atom. The molecule has 21 heteroatoms. The van der Waals surface area contributed by atoms with E-state index in [9.17, 15) is 48.8 Å². The number of benzene rings is 2. The number of hydrogen-bond donors (Lipinski definition) is 9. The van der Waals surface area contributed by atoms with Gasteiger partial charge < -0.3 is 57.7 Å². The number of nitrogens with zero attached hydrogens (tertiary/aromatic N) is 3. The molecule has 0 saturated heterocycles. The van der Waals surface area contributed by atoms with Crippen LogP contribution in [0.25, 0.3) is 10.9 Å². The second kappa shape index (κ2) is 34.4. The van der Waals surface area contributed by atoms with Gasteiger partial charge in [-0.25, -0.2) is 0 Å². The fraction of sp³-hybridized carbons (Fsp3) is 0.521. The number of primary amides is 1. The van der Waals surface area contributed by atoms with E-state index in [0.717, 1.165) is 16.4 Å².